The number of carbonyl (C=O) groups is 1. The van der Waals surface area contributed by atoms with Crippen molar-refractivity contribution in [3.05, 3.63) is 82.6 Å². The van der Waals surface area contributed by atoms with Crippen LogP contribution in [0.25, 0.3) is 11.6 Å². The maximum atomic E-state index is 11.2. The van der Waals surface area contributed by atoms with Gasteiger partial charge < -0.3 is 9.84 Å². The average molecular weight is 370 g/mol. The lowest BCUT2D eigenvalue weighted by molar-refractivity contribution is -0.130. The molecule has 0 amide bonds. The summed E-state index contributed by atoms with van der Waals surface area (Å²) in [7, 11) is 1.42. The Morgan fingerprint density at radius 3 is 2.31 bits per heavy atom. The number of carboxylic acid groups (broad SMARTS) is 1. The van der Waals surface area contributed by atoms with Gasteiger partial charge in [-0.1, -0.05) is 60.2 Å². The molecule has 0 heterocycles. The molecule has 0 radical (unpaired) electrons. The molecule has 2 rings (SSSR count). The molecule has 0 fully saturated rings. The van der Waals surface area contributed by atoms with E-state index in [0.717, 1.165) is 11.1 Å². The van der Waals surface area contributed by atoms with E-state index in [2.05, 4.69) is 4.99 Å². The second-order valence-corrected chi connectivity index (χ2v) is 6.06. The SMILES string of the molecule is CO/C=C(\C(=O)O)c1ccc(C=NC(C)/C=C/c2ccc(Cl)cc2)cc1. The van der Waals surface area contributed by atoms with Gasteiger partial charge in [0.2, 0.25) is 0 Å². The maximum Gasteiger partial charge on any atom is 0.339 e. The van der Waals surface area contributed by atoms with Gasteiger partial charge in [-0.05, 0) is 35.7 Å². The number of halogens is 1. The number of benzene rings is 2. The van der Waals surface area contributed by atoms with Crippen LogP contribution in [0.2, 0.25) is 5.02 Å². The summed E-state index contributed by atoms with van der Waals surface area (Å²) in [5.41, 5.74) is 2.64. The molecule has 0 aromatic heterocycles. The van der Waals surface area contributed by atoms with Crippen molar-refractivity contribution in [3.8, 4) is 0 Å². The normalized spacial score (nSPS) is 13.3. The number of aliphatic imine (C=N–C) groups is 1. The lowest BCUT2D eigenvalue weighted by atomic mass is 10.1. The van der Waals surface area contributed by atoms with Gasteiger partial charge in [0.15, 0.2) is 0 Å². The predicted molar refractivity (Wildman–Crippen MR) is 107 cm³/mol. The first-order valence-corrected chi connectivity index (χ1v) is 8.41. The van der Waals surface area contributed by atoms with E-state index in [-0.39, 0.29) is 11.6 Å². The molecule has 26 heavy (non-hydrogen) atoms. The van der Waals surface area contributed by atoms with Crippen LogP contribution in [0.4, 0.5) is 0 Å². The fourth-order valence-electron chi connectivity index (χ4n) is 2.19. The molecule has 2 aromatic rings. The van der Waals surface area contributed by atoms with Gasteiger partial charge in [-0.25, -0.2) is 4.79 Å². The smallest absolute Gasteiger partial charge is 0.339 e. The lowest BCUT2D eigenvalue weighted by Gasteiger charge is -2.03. The molecule has 0 saturated carbocycles. The molecule has 5 heteroatoms. The molecule has 1 atom stereocenters. The third-order valence-electron chi connectivity index (χ3n) is 3.58. The monoisotopic (exact) mass is 369 g/mol. The number of hydrogen-bond acceptors (Lipinski definition) is 3. The van der Waals surface area contributed by atoms with E-state index in [1.54, 1.807) is 18.3 Å². The molecule has 0 aliphatic rings. The van der Waals surface area contributed by atoms with Crippen molar-refractivity contribution >= 4 is 35.4 Å². The molecule has 1 N–H and O–H groups in total. The molecular formula is C21H20ClNO3. The molecule has 134 valence electrons. The summed E-state index contributed by atoms with van der Waals surface area (Å²) in [4.78, 5) is 15.7. The van der Waals surface area contributed by atoms with Gasteiger partial charge in [-0.3, -0.25) is 4.99 Å². The zero-order chi connectivity index (χ0) is 18.9. The molecule has 0 aliphatic heterocycles. The van der Waals surface area contributed by atoms with Crippen LogP contribution in [0.3, 0.4) is 0 Å². The highest BCUT2D eigenvalue weighted by Crippen LogP contribution is 2.15. The average Bonchev–Trinajstić information content (AvgIpc) is 2.64. The van der Waals surface area contributed by atoms with Crippen LogP contribution in [0.1, 0.15) is 23.6 Å². The Bertz CT molecular complexity index is 821. The van der Waals surface area contributed by atoms with Crippen LogP contribution < -0.4 is 0 Å². The first-order chi connectivity index (χ1) is 12.5. The van der Waals surface area contributed by atoms with Gasteiger partial charge in [-0.15, -0.1) is 0 Å². The third-order valence-corrected chi connectivity index (χ3v) is 3.84. The van der Waals surface area contributed by atoms with E-state index in [1.807, 2.05) is 55.5 Å². The minimum Gasteiger partial charge on any atom is -0.503 e. The van der Waals surface area contributed by atoms with Crippen molar-refractivity contribution in [2.75, 3.05) is 7.11 Å². The minimum absolute atomic E-state index is 0.00771. The molecule has 0 spiro atoms. The lowest BCUT2D eigenvalue weighted by Crippen LogP contribution is -2.00. The van der Waals surface area contributed by atoms with Crippen LogP contribution in [0, 0.1) is 0 Å². The van der Waals surface area contributed by atoms with Gasteiger partial charge in [0, 0.05) is 11.2 Å². The van der Waals surface area contributed by atoms with Crippen molar-refractivity contribution in [3.63, 3.8) is 0 Å². The summed E-state index contributed by atoms with van der Waals surface area (Å²) < 4.78 is 4.81. The van der Waals surface area contributed by atoms with Crippen LogP contribution in [0.15, 0.2) is 65.9 Å². The Morgan fingerprint density at radius 1 is 1.12 bits per heavy atom. The highest BCUT2D eigenvalue weighted by molar-refractivity contribution is 6.30. The number of methoxy groups -OCH3 is 1. The first-order valence-electron chi connectivity index (χ1n) is 8.03. The highest BCUT2D eigenvalue weighted by atomic mass is 35.5. The fraction of sp³-hybridized carbons (Fsp3) is 0.143. The van der Waals surface area contributed by atoms with E-state index in [1.165, 1.54) is 13.4 Å². The standard InChI is InChI=1S/C21H20ClNO3/c1-15(3-4-16-7-11-19(22)12-8-16)23-13-17-5-9-18(10-6-17)20(14-26-2)21(24)25/h3-15H,1-2H3,(H,24,25)/b4-3+,20-14-,23-13?. The first kappa shape index (κ1) is 19.5. The second kappa shape index (κ2) is 9.59. The maximum absolute atomic E-state index is 11.2. The quantitative estimate of drug-likeness (QED) is 0.427. The zero-order valence-corrected chi connectivity index (χ0v) is 15.4. The number of rotatable bonds is 7. The topological polar surface area (TPSA) is 58.9 Å². The van der Waals surface area contributed by atoms with Crippen molar-refractivity contribution in [1.29, 1.82) is 0 Å². The molecule has 0 saturated heterocycles. The third kappa shape index (κ3) is 5.90. The summed E-state index contributed by atoms with van der Waals surface area (Å²) >= 11 is 5.87. The number of aliphatic carboxylic acids is 1. The van der Waals surface area contributed by atoms with Crippen LogP contribution in [-0.2, 0) is 9.53 Å². The van der Waals surface area contributed by atoms with Gasteiger partial charge in [0.05, 0.1) is 19.4 Å². The Hall–Kier alpha value is -2.85. The predicted octanol–water partition coefficient (Wildman–Crippen LogP) is 4.93. The second-order valence-electron chi connectivity index (χ2n) is 5.62. The molecular weight excluding hydrogens is 350 g/mol. The van der Waals surface area contributed by atoms with E-state index >= 15 is 0 Å². The molecule has 0 aliphatic carbocycles. The van der Waals surface area contributed by atoms with E-state index in [4.69, 9.17) is 16.3 Å². The Labute approximate surface area is 158 Å². The van der Waals surface area contributed by atoms with Gasteiger partial charge in [0.25, 0.3) is 0 Å². The fourth-order valence-corrected chi connectivity index (χ4v) is 2.31. The van der Waals surface area contributed by atoms with Crippen LogP contribution in [-0.4, -0.2) is 30.4 Å². The largest absolute Gasteiger partial charge is 0.503 e. The Balaban J connectivity index is 2.02. The summed E-state index contributed by atoms with van der Waals surface area (Å²) in [6, 6.07) is 14.7. The summed E-state index contributed by atoms with van der Waals surface area (Å²) in [6.45, 7) is 1.99. The van der Waals surface area contributed by atoms with Crippen molar-refractivity contribution in [2.24, 2.45) is 4.99 Å². The molecule has 2 aromatic carbocycles. The van der Waals surface area contributed by atoms with Crippen molar-refractivity contribution in [1.82, 2.24) is 0 Å². The van der Waals surface area contributed by atoms with Crippen molar-refractivity contribution in [2.45, 2.75) is 13.0 Å². The number of ether oxygens (including phenoxy) is 1. The Morgan fingerprint density at radius 2 is 1.73 bits per heavy atom. The molecule has 4 nitrogen and oxygen atoms in total. The summed E-state index contributed by atoms with van der Waals surface area (Å²) in [5, 5.41) is 9.89. The van der Waals surface area contributed by atoms with E-state index in [9.17, 15) is 9.90 Å². The minimum atomic E-state index is -1.03. The van der Waals surface area contributed by atoms with E-state index in [0.29, 0.717) is 10.6 Å². The number of hydrogen-bond donors (Lipinski definition) is 1. The van der Waals surface area contributed by atoms with Crippen LogP contribution >= 0.6 is 11.6 Å². The summed E-state index contributed by atoms with van der Waals surface area (Å²) in [6.07, 6.45) is 6.98. The van der Waals surface area contributed by atoms with Gasteiger partial charge in [0.1, 0.15) is 5.57 Å². The summed E-state index contributed by atoms with van der Waals surface area (Å²) in [5.74, 6) is -1.03. The van der Waals surface area contributed by atoms with Gasteiger partial charge >= 0.3 is 5.97 Å². The number of carboxylic acids is 1. The van der Waals surface area contributed by atoms with Gasteiger partial charge in [-0.2, -0.15) is 0 Å². The Kier molecular flexibility index (Phi) is 7.18. The van der Waals surface area contributed by atoms with Crippen LogP contribution in [0.5, 0.6) is 0 Å². The van der Waals surface area contributed by atoms with Crippen molar-refractivity contribution < 1.29 is 14.6 Å². The number of nitrogens with zero attached hydrogens (tertiary/aromatic N) is 1. The zero-order valence-electron chi connectivity index (χ0n) is 14.6. The highest BCUT2D eigenvalue weighted by Gasteiger charge is 2.10. The molecule has 1 unspecified atom stereocenters. The molecule has 0 bridgehead atoms. The van der Waals surface area contributed by atoms with E-state index < -0.39 is 5.97 Å².